The Balaban J connectivity index is 1.72. The van der Waals surface area contributed by atoms with Gasteiger partial charge in [-0.25, -0.2) is 0 Å². The number of aromatic nitrogens is 1. The Bertz CT molecular complexity index is 910. The van der Waals surface area contributed by atoms with Gasteiger partial charge in [-0.05, 0) is 37.6 Å². The summed E-state index contributed by atoms with van der Waals surface area (Å²) in [5.74, 6) is 1.27. The van der Waals surface area contributed by atoms with Crippen molar-refractivity contribution in [2.75, 3.05) is 0 Å². The van der Waals surface area contributed by atoms with E-state index in [1.54, 1.807) is 11.8 Å². The van der Waals surface area contributed by atoms with Crippen LogP contribution in [0.15, 0.2) is 64.0 Å². The molecule has 26 heavy (non-hydrogen) atoms. The molecule has 0 aliphatic carbocycles. The Hall–Kier alpha value is -2.24. The van der Waals surface area contributed by atoms with Crippen molar-refractivity contribution in [3.05, 3.63) is 82.2 Å². The van der Waals surface area contributed by atoms with Gasteiger partial charge in [0.25, 0.3) is 5.91 Å². The highest BCUT2D eigenvalue weighted by molar-refractivity contribution is 7.98. The van der Waals surface area contributed by atoms with Crippen LogP contribution in [-0.2, 0) is 5.75 Å². The first-order valence-corrected chi connectivity index (χ1v) is 9.60. The van der Waals surface area contributed by atoms with Crippen LogP contribution < -0.4 is 5.32 Å². The highest BCUT2D eigenvalue weighted by atomic mass is 35.5. The Morgan fingerprint density at radius 3 is 2.69 bits per heavy atom. The highest BCUT2D eigenvalue weighted by Gasteiger charge is 2.16. The number of hydrogen-bond donors (Lipinski definition) is 1. The van der Waals surface area contributed by atoms with Crippen LogP contribution in [0, 0.1) is 6.92 Å². The van der Waals surface area contributed by atoms with Crippen molar-refractivity contribution in [3.8, 4) is 0 Å². The average molecular weight is 387 g/mol. The molecular weight excluding hydrogens is 368 g/mol. The molecule has 0 aliphatic heterocycles. The lowest BCUT2D eigenvalue weighted by atomic mass is 10.1. The van der Waals surface area contributed by atoms with Gasteiger partial charge < -0.3 is 9.84 Å². The van der Waals surface area contributed by atoms with Gasteiger partial charge in [0.15, 0.2) is 0 Å². The fraction of sp³-hybridized carbons (Fsp3) is 0.200. The van der Waals surface area contributed by atoms with Crippen LogP contribution in [0.5, 0.6) is 0 Å². The standard InChI is InChI=1S/C20H19ClN2O2S/c1-13-11-15(25-23-13)12-26-19-10-6-4-8-17(19)20(24)22-14(2)16-7-3-5-9-18(16)21/h3-11,14H,12H2,1-2H3,(H,22,24). The second-order valence-corrected chi connectivity index (χ2v) is 7.36. The molecule has 0 radical (unpaired) electrons. The largest absolute Gasteiger partial charge is 0.360 e. The van der Waals surface area contributed by atoms with Crippen LogP contribution in [0.2, 0.25) is 5.02 Å². The molecule has 1 aromatic heterocycles. The van der Waals surface area contributed by atoms with E-state index >= 15 is 0 Å². The van der Waals surface area contributed by atoms with Gasteiger partial charge in [-0.15, -0.1) is 11.8 Å². The Kier molecular flexibility index (Phi) is 6.01. The number of halogens is 1. The number of aryl methyl sites for hydroxylation is 1. The summed E-state index contributed by atoms with van der Waals surface area (Å²) in [6.45, 7) is 3.81. The molecule has 3 rings (SSSR count). The first-order chi connectivity index (χ1) is 12.5. The van der Waals surface area contributed by atoms with Gasteiger partial charge >= 0.3 is 0 Å². The van der Waals surface area contributed by atoms with E-state index in [9.17, 15) is 4.79 Å². The smallest absolute Gasteiger partial charge is 0.252 e. The summed E-state index contributed by atoms with van der Waals surface area (Å²) in [6, 6.07) is 16.8. The number of nitrogens with zero attached hydrogens (tertiary/aromatic N) is 1. The summed E-state index contributed by atoms with van der Waals surface area (Å²) >= 11 is 7.77. The predicted octanol–water partition coefficient (Wildman–Crippen LogP) is 5.42. The molecule has 1 heterocycles. The van der Waals surface area contributed by atoms with E-state index in [0.29, 0.717) is 16.3 Å². The molecule has 0 spiro atoms. The third-order valence-electron chi connectivity index (χ3n) is 3.90. The van der Waals surface area contributed by atoms with E-state index in [4.69, 9.17) is 16.1 Å². The molecule has 2 aromatic carbocycles. The second-order valence-electron chi connectivity index (χ2n) is 5.94. The molecule has 134 valence electrons. The number of rotatable bonds is 6. The van der Waals surface area contributed by atoms with Crippen LogP contribution in [0.4, 0.5) is 0 Å². The molecule has 3 aromatic rings. The van der Waals surface area contributed by atoms with Gasteiger partial charge in [-0.2, -0.15) is 0 Å². The molecule has 1 atom stereocenters. The van der Waals surface area contributed by atoms with E-state index < -0.39 is 0 Å². The van der Waals surface area contributed by atoms with Crippen molar-refractivity contribution in [2.45, 2.75) is 30.5 Å². The number of carbonyl (C=O) groups excluding carboxylic acids is 1. The van der Waals surface area contributed by atoms with Gasteiger partial charge in [0.1, 0.15) is 5.76 Å². The van der Waals surface area contributed by atoms with E-state index in [1.165, 1.54) is 0 Å². The maximum Gasteiger partial charge on any atom is 0.252 e. The van der Waals surface area contributed by atoms with Crippen LogP contribution in [0.1, 0.15) is 40.3 Å². The van der Waals surface area contributed by atoms with Crippen molar-refractivity contribution < 1.29 is 9.32 Å². The molecule has 1 amide bonds. The average Bonchev–Trinajstić information content (AvgIpc) is 3.05. The van der Waals surface area contributed by atoms with Crippen LogP contribution in [-0.4, -0.2) is 11.1 Å². The summed E-state index contributed by atoms with van der Waals surface area (Å²) < 4.78 is 5.24. The number of benzene rings is 2. The first kappa shape index (κ1) is 18.5. The molecule has 4 nitrogen and oxygen atoms in total. The topological polar surface area (TPSA) is 55.1 Å². The summed E-state index contributed by atoms with van der Waals surface area (Å²) in [7, 11) is 0. The van der Waals surface area contributed by atoms with Gasteiger partial charge in [0.05, 0.1) is 23.1 Å². The summed E-state index contributed by atoms with van der Waals surface area (Å²) in [6.07, 6.45) is 0. The minimum Gasteiger partial charge on any atom is -0.360 e. The van der Waals surface area contributed by atoms with Crippen LogP contribution in [0.25, 0.3) is 0 Å². The monoisotopic (exact) mass is 386 g/mol. The first-order valence-electron chi connectivity index (χ1n) is 8.24. The zero-order valence-corrected chi connectivity index (χ0v) is 16.1. The zero-order chi connectivity index (χ0) is 18.5. The fourth-order valence-corrected chi connectivity index (χ4v) is 3.82. The summed E-state index contributed by atoms with van der Waals surface area (Å²) in [5, 5.41) is 7.55. The van der Waals surface area contributed by atoms with Crippen LogP contribution >= 0.6 is 23.4 Å². The van der Waals surface area contributed by atoms with E-state index in [1.807, 2.05) is 68.4 Å². The minimum atomic E-state index is -0.189. The van der Waals surface area contributed by atoms with E-state index in [-0.39, 0.29) is 11.9 Å². The Morgan fingerprint density at radius 2 is 1.96 bits per heavy atom. The lowest BCUT2D eigenvalue weighted by Gasteiger charge is -2.17. The second kappa shape index (κ2) is 8.43. The van der Waals surface area contributed by atoms with Crippen molar-refractivity contribution in [1.29, 1.82) is 0 Å². The SMILES string of the molecule is Cc1cc(CSc2ccccc2C(=O)NC(C)c2ccccc2Cl)on1. The summed E-state index contributed by atoms with van der Waals surface area (Å²) in [4.78, 5) is 13.7. The molecule has 0 bridgehead atoms. The predicted molar refractivity (Wildman–Crippen MR) is 105 cm³/mol. The Morgan fingerprint density at radius 1 is 1.23 bits per heavy atom. The van der Waals surface area contributed by atoms with Crippen LogP contribution in [0.3, 0.4) is 0 Å². The molecule has 1 unspecified atom stereocenters. The minimum absolute atomic E-state index is 0.130. The number of thioether (sulfide) groups is 1. The number of carbonyl (C=O) groups is 1. The van der Waals surface area contributed by atoms with Crippen molar-refractivity contribution in [3.63, 3.8) is 0 Å². The maximum atomic E-state index is 12.8. The molecule has 6 heteroatoms. The third-order valence-corrected chi connectivity index (χ3v) is 5.34. The normalized spacial score (nSPS) is 12.0. The van der Waals surface area contributed by atoms with Crippen molar-refractivity contribution in [1.82, 2.24) is 10.5 Å². The lowest BCUT2D eigenvalue weighted by molar-refractivity contribution is 0.0937. The molecule has 0 aliphatic rings. The molecule has 0 fully saturated rings. The van der Waals surface area contributed by atoms with Gasteiger partial charge in [-0.1, -0.05) is 47.1 Å². The molecule has 1 N–H and O–H groups in total. The van der Waals surface area contributed by atoms with Gasteiger partial charge in [0, 0.05) is 16.0 Å². The number of nitrogens with one attached hydrogen (secondary N) is 1. The summed E-state index contributed by atoms with van der Waals surface area (Å²) in [5.41, 5.74) is 2.37. The van der Waals surface area contributed by atoms with E-state index in [2.05, 4.69) is 10.5 Å². The zero-order valence-electron chi connectivity index (χ0n) is 14.5. The van der Waals surface area contributed by atoms with Gasteiger partial charge in [0.2, 0.25) is 0 Å². The molecule has 0 saturated carbocycles. The fourth-order valence-electron chi connectivity index (χ4n) is 2.59. The van der Waals surface area contributed by atoms with E-state index in [0.717, 1.165) is 21.9 Å². The third kappa shape index (κ3) is 4.48. The molecular formula is C20H19ClN2O2S. The lowest BCUT2D eigenvalue weighted by Crippen LogP contribution is -2.27. The quantitative estimate of drug-likeness (QED) is 0.574. The highest BCUT2D eigenvalue weighted by Crippen LogP contribution is 2.28. The number of amides is 1. The molecule has 0 saturated heterocycles. The number of hydrogen-bond acceptors (Lipinski definition) is 4. The van der Waals surface area contributed by atoms with Crippen molar-refractivity contribution >= 4 is 29.3 Å². The maximum absolute atomic E-state index is 12.8. The Labute approximate surface area is 161 Å². The van der Waals surface area contributed by atoms with Gasteiger partial charge in [-0.3, -0.25) is 4.79 Å². The van der Waals surface area contributed by atoms with Crippen molar-refractivity contribution in [2.24, 2.45) is 0 Å².